The molecular weight excluding hydrogens is 368 g/mol. The fourth-order valence-corrected chi connectivity index (χ4v) is 2.47. The first-order chi connectivity index (χ1) is 13.1. The van der Waals surface area contributed by atoms with Crippen LogP contribution in [0.25, 0.3) is 0 Å². The van der Waals surface area contributed by atoms with E-state index in [-0.39, 0.29) is 12.5 Å². The summed E-state index contributed by atoms with van der Waals surface area (Å²) in [6.45, 7) is 2.73. The van der Waals surface area contributed by atoms with Gasteiger partial charge in [-0.1, -0.05) is 41.9 Å². The molecule has 3 rings (SSSR count). The normalized spacial score (nSPS) is 10.4. The number of anilines is 3. The molecule has 0 spiro atoms. The lowest BCUT2D eigenvalue weighted by molar-refractivity contribution is -0.144. The number of rotatable bonds is 8. The van der Waals surface area contributed by atoms with Crippen molar-refractivity contribution in [3.63, 3.8) is 0 Å². The third-order valence-electron chi connectivity index (χ3n) is 3.53. The Morgan fingerprint density at radius 2 is 2.07 bits per heavy atom. The minimum Gasteiger partial charge on any atom is -0.465 e. The monoisotopic (exact) mass is 386 g/mol. The summed E-state index contributed by atoms with van der Waals surface area (Å²) in [6.07, 6.45) is 4.77. The van der Waals surface area contributed by atoms with E-state index in [9.17, 15) is 4.79 Å². The van der Waals surface area contributed by atoms with E-state index in [1.807, 2.05) is 30.3 Å². The number of aromatic nitrogens is 4. The Morgan fingerprint density at radius 3 is 2.85 bits per heavy atom. The molecule has 8 nitrogen and oxygen atoms in total. The van der Waals surface area contributed by atoms with Gasteiger partial charge in [-0.2, -0.15) is 10.1 Å². The van der Waals surface area contributed by atoms with E-state index in [4.69, 9.17) is 16.3 Å². The van der Waals surface area contributed by atoms with E-state index >= 15 is 0 Å². The summed E-state index contributed by atoms with van der Waals surface area (Å²) in [5.74, 6) is 0.546. The summed E-state index contributed by atoms with van der Waals surface area (Å²) in [4.78, 5) is 20.1. The van der Waals surface area contributed by atoms with Gasteiger partial charge in [-0.3, -0.25) is 9.48 Å². The second-order valence-electron chi connectivity index (χ2n) is 5.59. The molecule has 1 aromatic carbocycles. The Hall–Kier alpha value is -3.13. The van der Waals surface area contributed by atoms with Crippen molar-refractivity contribution in [3.8, 4) is 0 Å². The number of hydrogen-bond donors (Lipinski definition) is 2. The predicted octanol–water partition coefficient (Wildman–Crippen LogP) is 3.25. The highest BCUT2D eigenvalue weighted by Gasteiger charge is 2.09. The van der Waals surface area contributed by atoms with Crippen LogP contribution in [0, 0.1) is 0 Å². The smallest absolute Gasteiger partial charge is 0.327 e. The van der Waals surface area contributed by atoms with Crippen LogP contribution in [0.4, 0.5) is 17.5 Å². The lowest BCUT2D eigenvalue weighted by Crippen LogP contribution is -2.13. The number of nitrogens with one attached hydrogen (secondary N) is 2. The van der Waals surface area contributed by atoms with Crippen molar-refractivity contribution >= 4 is 35.0 Å². The largest absolute Gasteiger partial charge is 0.465 e. The molecule has 0 amide bonds. The molecule has 27 heavy (non-hydrogen) atoms. The molecule has 2 N–H and O–H groups in total. The lowest BCUT2D eigenvalue weighted by atomic mass is 10.2. The zero-order valence-electron chi connectivity index (χ0n) is 14.7. The maximum atomic E-state index is 11.5. The molecule has 3 aromatic rings. The van der Waals surface area contributed by atoms with Crippen LogP contribution < -0.4 is 10.6 Å². The number of esters is 1. The fraction of sp³-hybridized carbons (Fsp3) is 0.222. The van der Waals surface area contributed by atoms with Crippen molar-refractivity contribution in [1.29, 1.82) is 0 Å². The van der Waals surface area contributed by atoms with Gasteiger partial charge in [-0.05, 0) is 12.5 Å². The summed E-state index contributed by atoms with van der Waals surface area (Å²) in [5.41, 5.74) is 1.76. The second-order valence-corrected chi connectivity index (χ2v) is 5.99. The third-order valence-corrected chi connectivity index (χ3v) is 3.81. The summed E-state index contributed by atoms with van der Waals surface area (Å²) in [5, 5.41) is 10.8. The summed E-state index contributed by atoms with van der Waals surface area (Å²) < 4.78 is 6.37. The van der Waals surface area contributed by atoms with Crippen LogP contribution in [-0.4, -0.2) is 32.3 Å². The van der Waals surface area contributed by atoms with Crippen molar-refractivity contribution in [2.75, 3.05) is 17.2 Å². The highest BCUT2D eigenvalue weighted by Crippen LogP contribution is 2.21. The highest BCUT2D eigenvalue weighted by atomic mass is 35.5. The average molecular weight is 387 g/mol. The molecule has 0 saturated heterocycles. The van der Waals surface area contributed by atoms with E-state index in [2.05, 4.69) is 25.7 Å². The summed E-state index contributed by atoms with van der Waals surface area (Å²) >= 11 is 6.17. The van der Waals surface area contributed by atoms with Gasteiger partial charge in [0.25, 0.3) is 0 Å². The van der Waals surface area contributed by atoms with Crippen LogP contribution in [0.1, 0.15) is 12.5 Å². The van der Waals surface area contributed by atoms with E-state index < -0.39 is 0 Å². The predicted molar refractivity (Wildman–Crippen MR) is 103 cm³/mol. The van der Waals surface area contributed by atoms with Gasteiger partial charge in [0.2, 0.25) is 5.95 Å². The zero-order chi connectivity index (χ0) is 19.1. The second kappa shape index (κ2) is 9.00. The minimum atomic E-state index is -0.345. The number of hydrogen-bond acceptors (Lipinski definition) is 7. The Morgan fingerprint density at radius 1 is 1.26 bits per heavy atom. The van der Waals surface area contributed by atoms with E-state index in [0.717, 1.165) is 5.56 Å². The number of benzene rings is 1. The summed E-state index contributed by atoms with van der Waals surface area (Å²) in [7, 11) is 0. The minimum absolute atomic E-state index is 0.0425. The fourth-order valence-electron chi connectivity index (χ4n) is 2.32. The van der Waals surface area contributed by atoms with Gasteiger partial charge in [0, 0.05) is 12.7 Å². The quantitative estimate of drug-likeness (QED) is 0.574. The highest BCUT2D eigenvalue weighted by molar-refractivity contribution is 6.32. The average Bonchev–Trinajstić information content (AvgIpc) is 3.10. The standard InChI is InChI=1S/C18H19ClN6O2/c1-2-27-16(26)12-25-11-14(9-22-25)23-18-21-10-15(19)17(24-18)20-8-13-6-4-3-5-7-13/h3-7,9-11H,2,8,12H2,1H3,(H2,20,21,23,24). The Balaban J connectivity index is 1.64. The van der Waals surface area contributed by atoms with Gasteiger partial charge >= 0.3 is 5.97 Å². The first-order valence-corrected chi connectivity index (χ1v) is 8.77. The van der Waals surface area contributed by atoms with Gasteiger partial charge in [0.1, 0.15) is 11.6 Å². The molecule has 140 valence electrons. The molecule has 0 aliphatic carbocycles. The number of carbonyl (C=O) groups is 1. The number of carbonyl (C=O) groups excluding carboxylic acids is 1. The topological polar surface area (TPSA) is 94.0 Å². The van der Waals surface area contributed by atoms with Gasteiger partial charge in [0.15, 0.2) is 5.82 Å². The van der Waals surface area contributed by atoms with Crippen molar-refractivity contribution in [3.05, 3.63) is 59.5 Å². The van der Waals surface area contributed by atoms with Crippen molar-refractivity contribution in [2.24, 2.45) is 0 Å². The molecular formula is C18H19ClN6O2. The summed E-state index contributed by atoms with van der Waals surface area (Å²) in [6, 6.07) is 9.93. The van der Waals surface area contributed by atoms with Crippen LogP contribution in [0.5, 0.6) is 0 Å². The molecule has 0 aliphatic rings. The number of ether oxygens (including phenoxy) is 1. The Bertz CT molecular complexity index is 900. The van der Waals surface area contributed by atoms with Crippen molar-refractivity contribution in [1.82, 2.24) is 19.7 Å². The third kappa shape index (κ3) is 5.42. The first-order valence-electron chi connectivity index (χ1n) is 8.39. The van der Waals surface area contributed by atoms with Crippen LogP contribution in [0.15, 0.2) is 48.9 Å². The molecule has 0 radical (unpaired) electrons. The van der Waals surface area contributed by atoms with E-state index in [0.29, 0.717) is 35.6 Å². The molecule has 0 saturated carbocycles. The zero-order valence-corrected chi connectivity index (χ0v) is 15.5. The maximum Gasteiger partial charge on any atom is 0.327 e. The molecule has 9 heteroatoms. The molecule has 2 heterocycles. The van der Waals surface area contributed by atoms with Crippen LogP contribution in [0.2, 0.25) is 5.02 Å². The van der Waals surface area contributed by atoms with E-state index in [1.54, 1.807) is 19.3 Å². The molecule has 0 fully saturated rings. The maximum absolute atomic E-state index is 11.5. The Labute approximate surface area is 161 Å². The molecule has 0 aliphatic heterocycles. The van der Waals surface area contributed by atoms with Crippen LogP contribution in [0.3, 0.4) is 0 Å². The number of nitrogens with zero attached hydrogens (tertiary/aromatic N) is 4. The molecule has 0 unspecified atom stereocenters. The van der Waals surface area contributed by atoms with Crippen molar-refractivity contribution < 1.29 is 9.53 Å². The molecule has 0 bridgehead atoms. The van der Waals surface area contributed by atoms with Gasteiger partial charge in [-0.25, -0.2) is 4.98 Å². The Kier molecular flexibility index (Phi) is 6.22. The van der Waals surface area contributed by atoms with Crippen LogP contribution in [-0.2, 0) is 22.6 Å². The lowest BCUT2D eigenvalue weighted by Gasteiger charge is -2.09. The van der Waals surface area contributed by atoms with Gasteiger partial charge in [-0.15, -0.1) is 0 Å². The van der Waals surface area contributed by atoms with Gasteiger partial charge in [0.05, 0.1) is 24.7 Å². The van der Waals surface area contributed by atoms with Crippen LogP contribution >= 0.6 is 11.6 Å². The molecule has 2 aromatic heterocycles. The first kappa shape index (κ1) is 18.7. The van der Waals surface area contributed by atoms with Gasteiger partial charge < -0.3 is 15.4 Å². The van der Waals surface area contributed by atoms with E-state index in [1.165, 1.54) is 10.9 Å². The SMILES string of the molecule is CCOC(=O)Cn1cc(Nc2ncc(Cl)c(NCc3ccccc3)n2)cn1. The molecule has 0 atom stereocenters. The van der Waals surface area contributed by atoms with Crippen molar-refractivity contribution in [2.45, 2.75) is 20.0 Å². The number of halogens is 1.